The molecule has 3 rings (SSSR count). The van der Waals surface area contributed by atoms with Crippen LogP contribution in [0.3, 0.4) is 0 Å². The van der Waals surface area contributed by atoms with Gasteiger partial charge in [0.05, 0.1) is 12.3 Å². The summed E-state index contributed by atoms with van der Waals surface area (Å²) in [6, 6.07) is 14.2. The number of aliphatic carboxylic acids is 1. The van der Waals surface area contributed by atoms with E-state index in [1.807, 2.05) is 49.4 Å². The number of carbonyl (C=O) groups excluding carboxylic acids is 1. The summed E-state index contributed by atoms with van der Waals surface area (Å²) in [6.45, 7) is 2.32. The van der Waals surface area contributed by atoms with E-state index in [2.05, 4.69) is 0 Å². The van der Waals surface area contributed by atoms with E-state index < -0.39 is 11.9 Å². The van der Waals surface area contributed by atoms with Crippen molar-refractivity contribution in [2.45, 2.75) is 32.2 Å². The molecule has 1 aliphatic rings. The van der Waals surface area contributed by atoms with Crippen molar-refractivity contribution in [2.24, 2.45) is 5.92 Å². The highest BCUT2D eigenvalue weighted by Gasteiger charge is 2.32. The Morgan fingerprint density at radius 1 is 1.13 bits per heavy atom. The van der Waals surface area contributed by atoms with Crippen LogP contribution in [0.4, 0.5) is 0 Å². The summed E-state index contributed by atoms with van der Waals surface area (Å²) in [7, 11) is 0. The Morgan fingerprint density at radius 2 is 1.87 bits per heavy atom. The molecule has 2 aromatic carbocycles. The predicted molar refractivity (Wildman–Crippen MR) is 89.2 cm³/mol. The number of carboxylic acid groups (broad SMARTS) is 1. The summed E-state index contributed by atoms with van der Waals surface area (Å²) < 4.78 is 0. The molecule has 2 unspecified atom stereocenters. The number of carbonyl (C=O) groups is 2. The number of nitrogens with zero attached hydrogens (tertiary/aromatic N) is 1. The van der Waals surface area contributed by atoms with Crippen molar-refractivity contribution in [1.82, 2.24) is 4.90 Å². The van der Waals surface area contributed by atoms with Crippen LogP contribution in [-0.2, 0) is 16.0 Å². The third-order valence-corrected chi connectivity index (χ3v) is 4.72. The van der Waals surface area contributed by atoms with Crippen LogP contribution in [0.15, 0.2) is 42.5 Å². The Labute approximate surface area is 135 Å². The van der Waals surface area contributed by atoms with Gasteiger partial charge in [0.1, 0.15) is 0 Å². The number of hydrogen-bond acceptors (Lipinski definition) is 2. The molecule has 1 amide bonds. The summed E-state index contributed by atoms with van der Waals surface area (Å²) in [5.41, 5.74) is 0.971. The Morgan fingerprint density at radius 3 is 2.61 bits per heavy atom. The first kappa shape index (κ1) is 15.5. The molecule has 0 radical (unpaired) electrons. The van der Waals surface area contributed by atoms with E-state index >= 15 is 0 Å². The maximum absolute atomic E-state index is 12.6. The minimum absolute atomic E-state index is 0.0127. The SMILES string of the molecule is CC1CCC(C(=O)O)CN1C(=O)Cc1ccc2ccccc2c1. The van der Waals surface area contributed by atoms with Crippen LogP contribution in [0.5, 0.6) is 0 Å². The molecule has 0 spiro atoms. The van der Waals surface area contributed by atoms with Gasteiger partial charge in [-0.3, -0.25) is 9.59 Å². The molecule has 4 heteroatoms. The number of benzene rings is 2. The van der Waals surface area contributed by atoms with Gasteiger partial charge in [-0.25, -0.2) is 0 Å². The van der Waals surface area contributed by atoms with Gasteiger partial charge in [-0.05, 0) is 36.1 Å². The van der Waals surface area contributed by atoms with Gasteiger partial charge in [-0.1, -0.05) is 42.5 Å². The van der Waals surface area contributed by atoms with Gasteiger partial charge in [0.15, 0.2) is 0 Å². The van der Waals surface area contributed by atoms with E-state index in [4.69, 9.17) is 0 Å². The minimum atomic E-state index is -0.805. The van der Waals surface area contributed by atoms with Crippen molar-refractivity contribution in [3.8, 4) is 0 Å². The standard InChI is InChI=1S/C19H21NO3/c1-13-6-8-17(19(22)23)12-20(13)18(21)11-14-7-9-15-4-2-3-5-16(15)10-14/h2-5,7,9-10,13,17H,6,8,11-12H2,1H3,(H,22,23). The van der Waals surface area contributed by atoms with E-state index in [0.29, 0.717) is 19.4 Å². The fourth-order valence-electron chi connectivity index (χ4n) is 3.28. The van der Waals surface area contributed by atoms with Gasteiger partial charge in [0.25, 0.3) is 0 Å². The highest BCUT2D eigenvalue weighted by molar-refractivity contribution is 5.85. The smallest absolute Gasteiger partial charge is 0.308 e. The zero-order chi connectivity index (χ0) is 16.4. The van der Waals surface area contributed by atoms with Gasteiger partial charge in [-0.2, -0.15) is 0 Å². The average molecular weight is 311 g/mol. The molecule has 1 fully saturated rings. The molecule has 0 bridgehead atoms. The molecular formula is C19H21NO3. The van der Waals surface area contributed by atoms with E-state index in [-0.39, 0.29) is 11.9 Å². The van der Waals surface area contributed by atoms with Crippen LogP contribution >= 0.6 is 0 Å². The fourth-order valence-corrected chi connectivity index (χ4v) is 3.28. The molecule has 120 valence electrons. The van der Waals surface area contributed by atoms with Crippen molar-refractivity contribution < 1.29 is 14.7 Å². The number of carboxylic acids is 1. The zero-order valence-corrected chi connectivity index (χ0v) is 13.2. The second-order valence-electron chi connectivity index (χ2n) is 6.37. The number of hydrogen-bond donors (Lipinski definition) is 1. The van der Waals surface area contributed by atoms with Gasteiger partial charge in [-0.15, -0.1) is 0 Å². The van der Waals surface area contributed by atoms with Crippen molar-refractivity contribution >= 4 is 22.6 Å². The van der Waals surface area contributed by atoms with E-state index in [0.717, 1.165) is 22.8 Å². The van der Waals surface area contributed by atoms with Crippen LogP contribution in [0.2, 0.25) is 0 Å². The fraction of sp³-hybridized carbons (Fsp3) is 0.368. The second-order valence-corrected chi connectivity index (χ2v) is 6.37. The van der Waals surface area contributed by atoms with Crippen LogP contribution in [0.25, 0.3) is 10.8 Å². The highest BCUT2D eigenvalue weighted by atomic mass is 16.4. The monoisotopic (exact) mass is 311 g/mol. The van der Waals surface area contributed by atoms with Crippen molar-refractivity contribution in [3.05, 3.63) is 48.0 Å². The molecule has 1 N–H and O–H groups in total. The third kappa shape index (κ3) is 3.36. The van der Waals surface area contributed by atoms with Crippen molar-refractivity contribution in [3.63, 3.8) is 0 Å². The first-order valence-electron chi connectivity index (χ1n) is 8.04. The molecule has 1 aliphatic heterocycles. The maximum atomic E-state index is 12.6. The molecule has 23 heavy (non-hydrogen) atoms. The topological polar surface area (TPSA) is 57.6 Å². The van der Waals surface area contributed by atoms with Gasteiger partial charge in [0.2, 0.25) is 5.91 Å². The summed E-state index contributed by atoms with van der Waals surface area (Å²) in [5, 5.41) is 11.5. The lowest BCUT2D eigenvalue weighted by Gasteiger charge is -2.36. The Balaban J connectivity index is 1.75. The lowest BCUT2D eigenvalue weighted by atomic mass is 9.93. The molecule has 2 aromatic rings. The second kappa shape index (κ2) is 6.41. The largest absolute Gasteiger partial charge is 0.481 e. The molecule has 0 saturated carbocycles. The summed E-state index contributed by atoms with van der Waals surface area (Å²) in [5.74, 6) is -1.23. The number of piperidine rings is 1. The number of rotatable bonds is 3. The highest BCUT2D eigenvalue weighted by Crippen LogP contribution is 2.23. The first-order valence-corrected chi connectivity index (χ1v) is 8.04. The number of amides is 1. The van der Waals surface area contributed by atoms with Gasteiger partial charge < -0.3 is 10.0 Å². The van der Waals surface area contributed by atoms with Crippen LogP contribution in [0, 0.1) is 5.92 Å². The average Bonchev–Trinajstić information content (AvgIpc) is 2.54. The zero-order valence-electron chi connectivity index (χ0n) is 13.2. The normalized spacial score (nSPS) is 21.3. The van der Waals surface area contributed by atoms with Crippen LogP contribution in [-0.4, -0.2) is 34.5 Å². The molecule has 1 heterocycles. The molecule has 0 aliphatic carbocycles. The molecule has 2 atom stereocenters. The summed E-state index contributed by atoms with van der Waals surface area (Å²) >= 11 is 0. The third-order valence-electron chi connectivity index (χ3n) is 4.72. The van der Waals surface area contributed by atoms with E-state index in [9.17, 15) is 14.7 Å². The first-order chi connectivity index (χ1) is 11.0. The van der Waals surface area contributed by atoms with Crippen LogP contribution in [0.1, 0.15) is 25.3 Å². The minimum Gasteiger partial charge on any atom is -0.481 e. The number of fused-ring (bicyclic) bond motifs is 1. The lowest BCUT2D eigenvalue weighted by molar-refractivity contribution is -0.146. The summed E-state index contributed by atoms with van der Waals surface area (Å²) in [6.07, 6.45) is 1.72. The quantitative estimate of drug-likeness (QED) is 0.947. The Bertz CT molecular complexity index is 740. The predicted octanol–water partition coefficient (Wildman–Crippen LogP) is 3.09. The molecular weight excluding hydrogens is 290 g/mol. The van der Waals surface area contributed by atoms with Gasteiger partial charge in [0, 0.05) is 12.6 Å². The van der Waals surface area contributed by atoms with E-state index in [1.165, 1.54) is 0 Å². The van der Waals surface area contributed by atoms with Crippen LogP contribution < -0.4 is 0 Å². The molecule has 1 saturated heterocycles. The Kier molecular flexibility index (Phi) is 4.33. The van der Waals surface area contributed by atoms with Gasteiger partial charge >= 0.3 is 5.97 Å². The van der Waals surface area contributed by atoms with E-state index in [1.54, 1.807) is 4.90 Å². The van der Waals surface area contributed by atoms with Crippen molar-refractivity contribution in [2.75, 3.05) is 6.54 Å². The Hall–Kier alpha value is -2.36. The maximum Gasteiger partial charge on any atom is 0.308 e. The number of likely N-dealkylation sites (tertiary alicyclic amines) is 1. The molecule has 4 nitrogen and oxygen atoms in total. The molecule has 0 aromatic heterocycles. The summed E-state index contributed by atoms with van der Waals surface area (Å²) in [4.78, 5) is 25.5. The lowest BCUT2D eigenvalue weighted by Crippen LogP contribution is -2.47. The van der Waals surface area contributed by atoms with Crippen molar-refractivity contribution in [1.29, 1.82) is 0 Å².